The van der Waals surface area contributed by atoms with Crippen molar-refractivity contribution < 1.29 is 9.53 Å². The van der Waals surface area contributed by atoms with Crippen LogP contribution in [0.2, 0.25) is 0 Å². The van der Waals surface area contributed by atoms with E-state index >= 15 is 0 Å². The smallest absolute Gasteiger partial charge is 0.330 e. The van der Waals surface area contributed by atoms with Crippen LogP contribution < -0.4 is 0 Å². The van der Waals surface area contributed by atoms with Crippen molar-refractivity contribution in [3.8, 4) is 0 Å². The molecule has 0 saturated carbocycles. The normalized spacial score (nSPS) is 10.9. The van der Waals surface area contributed by atoms with Crippen molar-refractivity contribution in [3.63, 3.8) is 0 Å². The highest BCUT2D eigenvalue weighted by Gasteiger charge is 2.06. The molecule has 1 rings (SSSR count). The molecule has 2 nitrogen and oxygen atoms in total. The quantitative estimate of drug-likeness (QED) is 0.465. The average Bonchev–Trinajstić information content (AvgIpc) is 2.32. The van der Waals surface area contributed by atoms with Crippen LogP contribution in [0.5, 0.6) is 0 Å². The van der Waals surface area contributed by atoms with Gasteiger partial charge in [0.05, 0.1) is 7.11 Å². The van der Waals surface area contributed by atoms with Gasteiger partial charge in [0.15, 0.2) is 0 Å². The van der Waals surface area contributed by atoms with Gasteiger partial charge < -0.3 is 4.74 Å². The lowest BCUT2D eigenvalue weighted by molar-refractivity contribution is -0.134. The van der Waals surface area contributed by atoms with Crippen molar-refractivity contribution in [2.75, 3.05) is 7.11 Å². The van der Waals surface area contributed by atoms with Crippen LogP contribution in [0, 0.1) is 27.7 Å². The highest BCUT2D eigenvalue weighted by molar-refractivity contribution is 8.02. The first-order valence-electron chi connectivity index (χ1n) is 5.46. The first-order chi connectivity index (χ1) is 7.97. The van der Waals surface area contributed by atoms with Gasteiger partial charge in [0.25, 0.3) is 0 Å². The standard InChI is InChI=1S/C14H18O2S/c1-9-8-13(12(4)11(3)10(9)2)17-7-6-14(15)16-5/h6-8H,1-5H3/b7-6+. The third-order valence-corrected chi connectivity index (χ3v) is 3.98. The van der Waals surface area contributed by atoms with Gasteiger partial charge in [0.1, 0.15) is 0 Å². The van der Waals surface area contributed by atoms with Crippen LogP contribution in [0.15, 0.2) is 22.4 Å². The summed E-state index contributed by atoms with van der Waals surface area (Å²) < 4.78 is 4.55. The van der Waals surface area contributed by atoms with Gasteiger partial charge >= 0.3 is 5.97 Å². The molecule has 0 fully saturated rings. The van der Waals surface area contributed by atoms with Gasteiger partial charge in [-0.25, -0.2) is 4.79 Å². The Balaban J connectivity index is 2.93. The Hall–Kier alpha value is -1.22. The lowest BCUT2D eigenvalue weighted by Gasteiger charge is -2.12. The summed E-state index contributed by atoms with van der Waals surface area (Å²) in [6.07, 6.45) is 1.44. The van der Waals surface area contributed by atoms with E-state index in [9.17, 15) is 4.79 Å². The molecule has 0 aliphatic carbocycles. The zero-order valence-corrected chi connectivity index (χ0v) is 11.8. The minimum absolute atomic E-state index is 0.323. The molecule has 0 aromatic heterocycles. The topological polar surface area (TPSA) is 26.3 Å². The van der Waals surface area contributed by atoms with Crippen LogP contribution in [-0.4, -0.2) is 13.1 Å². The monoisotopic (exact) mass is 250 g/mol. The Morgan fingerprint density at radius 2 is 1.82 bits per heavy atom. The van der Waals surface area contributed by atoms with E-state index in [1.807, 2.05) is 0 Å². The van der Waals surface area contributed by atoms with Gasteiger partial charge in [0.2, 0.25) is 0 Å². The van der Waals surface area contributed by atoms with Crippen LogP contribution in [0.25, 0.3) is 0 Å². The summed E-state index contributed by atoms with van der Waals surface area (Å²) in [6, 6.07) is 2.16. The van der Waals surface area contributed by atoms with E-state index in [2.05, 4.69) is 38.5 Å². The number of hydrogen-bond acceptors (Lipinski definition) is 3. The highest BCUT2D eigenvalue weighted by Crippen LogP contribution is 2.29. The van der Waals surface area contributed by atoms with E-state index in [0.717, 1.165) is 0 Å². The molecule has 0 atom stereocenters. The van der Waals surface area contributed by atoms with Gasteiger partial charge in [-0.1, -0.05) is 11.8 Å². The maximum absolute atomic E-state index is 11.0. The second-order valence-corrected chi connectivity index (χ2v) is 4.96. The van der Waals surface area contributed by atoms with E-state index in [1.165, 1.54) is 40.3 Å². The van der Waals surface area contributed by atoms with E-state index < -0.39 is 0 Å². The number of carbonyl (C=O) groups excluding carboxylic acids is 1. The number of ether oxygens (including phenoxy) is 1. The molecule has 0 bridgehead atoms. The van der Waals surface area contributed by atoms with Crippen LogP contribution in [0.1, 0.15) is 22.3 Å². The van der Waals surface area contributed by atoms with Crippen LogP contribution in [0.4, 0.5) is 0 Å². The molecule has 3 heteroatoms. The third kappa shape index (κ3) is 3.37. The summed E-state index contributed by atoms with van der Waals surface area (Å²) in [5, 5.41) is 1.77. The molecule has 1 aromatic rings. The Kier molecular flexibility index (Phi) is 4.82. The number of carbonyl (C=O) groups is 1. The number of methoxy groups -OCH3 is 1. The molecule has 0 heterocycles. The lowest BCUT2D eigenvalue weighted by Crippen LogP contribution is -1.94. The zero-order chi connectivity index (χ0) is 13.0. The summed E-state index contributed by atoms with van der Waals surface area (Å²) >= 11 is 1.55. The predicted molar refractivity (Wildman–Crippen MR) is 72.4 cm³/mol. The van der Waals surface area contributed by atoms with E-state index in [1.54, 1.807) is 17.2 Å². The molecule has 0 unspecified atom stereocenters. The summed E-state index contributed by atoms with van der Waals surface area (Å²) in [6.45, 7) is 8.48. The van der Waals surface area contributed by atoms with Crippen LogP contribution in [0.3, 0.4) is 0 Å². The molecular formula is C14H18O2S. The third-order valence-electron chi connectivity index (χ3n) is 3.03. The number of hydrogen-bond donors (Lipinski definition) is 0. The summed E-state index contributed by atoms with van der Waals surface area (Å²) in [4.78, 5) is 12.1. The maximum Gasteiger partial charge on any atom is 0.330 e. The number of thioether (sulfide) groups is 1. The molecule has 0 saturated heterocycles. The highest BCUT2D eigenvalue weighted by atomic mass is 32.2. The van der Waals surface area contributed by atoms with Crippen LogP contribution >= 0.6 is 11.8 Å². The summed E-state index contributed by atoms with van der Waals surface area (Å²) in [5.41, 5.74) is 5.21. The molecule has 0 spiro atoms. The van der Waals surface area contributed by atoms with E-state index in [-0.39, 0.29) is 5.97 Å². The predicted octanol–water partition coefficient (Wildman–Crippen LogP) is 3.70. The minimum atomic E-state index is -0.323. The SMILES string of the molecule is COC(=O)/C=C/Sc1cc(C)c(C)c(C)c1C. The minimum Gasteiger partial charge on any atom is -0.466 e. The van der Waals surface area contributed by atoms with E-state index in [0.29, 0.717) is 0 Å². The molecule has 1 aromatic carbocycles. The van der Waals surface area contributed by atoms with Crippen molar-refractivity contribution in [1.29, 1.82) is 0 Å². The van der Waals surface area contributed by atoms with Crippen molar-refractivity contribution in [2.45, 2.75) is 32.6 Å². The Bertz CT molecular complexity index is 462. The average molecular weight is 250 g/mol. The number of esters is 1. The second-order valence-electron chi connectivity index (χ2n) is 4.01. The first kappa shape index (κ1) is 13.8. The number of rotatable bonds is 3. The number of benzene rings is 1. The van der Waals surface area contributed by atoms with Gasteiger partial charge in [-0.15, -0.1) is 0 Å². The van der Waals surface area contributed by atoms with Crippen LogP contribution in [-0.2, 0) is 9.53 Å². The lowest BCUT2D eigenvalue weighted by atomic mass is 10.00. The molecule has 0 aliphatic rings. The fourth-order valence-electron chi connectivity index (χ4n) is 1.53. The largest absolute Gasteiger partial charge is 0.466 e. The van der Waals surface area contributed by atoms with Gasteiger partial charge in [-0.3, -0.25) is 0 Å². The van der Waals surface area contributed by atoms with Crippen molar-refractivity contribution >= 4 is 17.7 Å². The Morgan fingerprint density at radius 3 is 2.41 bits per heavy atom. The second kappa shape index (κ2) is 5.92. The van der Waals surface area contributed by atoms with Gasteiger partial charge in [0, 0.05) is 11.0 Å². The summed E-state index contributed by atoms with van der Waals surface area (Å²) in [7, 11) is 1.38. The van der Waals surface area contributed by atoms with Gasteiger partial charge in [-0.05, 0) is 61.4 Å². The molecule has 0 amide bonds. The molecule has 17 heavy (non-hydrogen) atoms. The van der Waals surface area contributed by atoms with Gasteiger partial charge in [-0.2, -0.15) is 0 Å². The molecular weight excluding hydrogens is 232 g/mol. The Labute approximate surface area is 107 Å². The molecule has 0 aliphatic heterocycles. The van der Waals surface area contributed by atoms with Crippen molar-refractivity contribution in [2.24, 2.45) is 0 Å². The Morgan fingerprint density at radius 1 is 1.18 bits per heavy atom. The summed E-state index contributed by atoms with van der Waals surface area (Å²) in [5.74, 6) is -0.323. The first-order valence-corrected chi connectivity index (χ1v) is 6.34. The fraction of sp³-hybridized carbons (Fsp3) is 0.357. The van der Waals surface area contributed by atoms with Crippen molar-refractivity contribution in [1.82, 2.24) is 0 Å². The van der Waals surface area contributed by atoms with E-state index in [4.69, 9.17) is 0 Å². The zero-order valence-electron chi connectivity index (χ0n) is 11.0. The molecule has 0 N–H and O–H groups in total. The van der Waals surface area contributed by atoms with Crippen molar-refractivity contribution in [3.05, 3.63) is 39.8 Å². The fourth-order valence-corrected chi connectivity index (χ4v) is 2.43. The maximum atomic E-state index is 11.0. The molecule has 0 radical (unpaired) electrons. The molecule has 92 valence electrons. The number of aryl methyl sites for hydroxylation is 1.